The summed E-state index contributed by atoms with van der Waals surface area (Å²) in [4.78, 5) is 14.1. The van der Waals surface area contributed by atoms with Gasteiger partial charge in [0.25, 0.3) is 0 Å². The number of aliphatic hydroxyl groups is 1. The molecular formula is C17H31NO2. The van der Waals surface area contributed by atoms with E-state index in [0.29, 0.717) is 6.42 Å². The summed E-state index contributed by atoms with van der Waals surface area (Å²) >= 11 is 0. The van der Waals surface area contributed by atoms with E-state index in [1.54, 1.807) is 0 Å². The predicted molar refractivity (Wildman–Crippen MR) is 83.5 cm³/mol. The fraction of sp³-hybridized carbons (Fsp3) is 0.824. The molecule has 1 saturated heterocycles. The van der Waals surface area contributed by atoms with Crippen molar-refractivity contribution >= 4 is 5.91 Å². The first-order valence-electron chi connectivity index (χ1n) is 8.34. The Morgan fingerprint density at radius 1 is 1.30 bits per heavy atom. The first-order valence-corrected chi connectivity index (χ1v) is 8.34. The third-order valence-corrected chi connectivity index (χ3v) is 4.09. The van der Waals surface area contributed by atoms with E-state index >= 15 is 0 Å². The van der Waals surface area contributed by atoms with Crippen molar-refractivity contribution in [2.45, 2.75) is 83.8 Å². The molecule has 0 saturated carbocycles. The second-order valence-corrected chi connectivity index (χ2v) is 5.82. The van der Waals surface area contributed by atoms with Crippen LogP contribution in [0.2, 0.25) is 0 Å². The molecule has 0 bridgehead atoms. The second kappa shape index (κ2) is 9.98. The van der Waals surface area contributed by atoms with E-state index < -0.39 is 0 Å². The molecule has 0 radical (unpaired) electrons. The summed E-state index contributed by atoms with van der Waals surface area (Å²) in [5, 5.41) is 9.62. The van der Waals surface area contributed by atoms with Gasteiger partial charge in [0.05, 0.1) is 12.1 Å². The number of hydrogen-bond acceptors (Lipinski definition) is 2. The number of likely N-dealkylation sites (tertiary alicyclic amines) is 1. The van der Waals surface area contributed by atoms with Crippen molar-refractivity contribution in [1.29, 1.82) is 0 Å². The van der Waals surface area contributed by atoms with Gasteiger partial charge in [-0.1, -0.05) is 51.7 Å². The van der Waals surface area contributed by atoms with Gasteiger partial charge in [-0.2, -0.15) is 0 Å². The Bertz CT molecular complexity index is 301. The van der Waals surface area contributed by atoms with Gasteiger partial charge in [-0.3, -0.25) is 4.79 Å². The summed E-state index contributed by atoms with van der Waals surface area (Å²) in [6.07, 6.45) is 13.1. The van der Waals surface area contributed by atoms with Crippen LogP contribution in [-0.4, -0.2) is 34.6 Å². The maximum absolute atomic E-state index is 12.1. The summed E-state index contributed by atoms with van der Waals surface area (Å²) in [5.74, 6) is 0.285. The molecule has 1 amide bonds. The fourth-order valence-electron chi connectivity index (χ4n) is 2.72. The average Bonchev–Trinajstić information content (AvgIpc) is 2.46. The van der Waals surface area contributed by atoms with Gasteiger partial charge in [-0.05, 0) is 25.7 Å². The number of hydrogen-bond donors (Lipinski definition) is 1. The molecular weight excluding hydrogens is 250 g/mol. The smallest absolute Gasteiger partial charge is 0.223 e. The Balaban J connectivity index is 2.44. The lowest BCUT2D eigenvalue weighted by molar-refractivity contribution is -0.135. The zero-order chi connectivity index (χ0) is 14.8. The van der Waals surface area contributed by atoms with E-state index in [-0.39, 0.29) is 18.1 Å². The molecule has 1 heterocycles. The van der Waals surface area contributed by atoms with Gasteiger partial charge in [0.15, 0.2) is 0 Å². The number of aliphatic hydroxyl groups excluding tert-OH is 1. The molecule has 0 aromatic heterocycles. The minimum atomic E-state index is -0.376. The molecule has 3 nitrogen and oxygen atoms in total. The molecule has 0 aromatic carbocycles. The van der Waals surface area contributed by atoms with Gasteiger partial charge in [-0.25, -0.2) is 0 Å². The van der Waals surface area contributed by atoms with Crippen LogP contribution in [0.1, 0.15) is 71.6 Å². The first-order chi connectivity index (χ1) is 9.69. The van der Waals surface area contributed by atoms with Crippen LogP contribution in [-0.2, 0) is 4.79 Å². The zero-order valence-corrected chi connectivity index (χ0v) is 13.2. The summed E-state index contributed by atoms with van der Waals surface area (Å²) in [7, 11) is 0. The summed E-state index contributed by atoms with van der Waals surface area (Å²) in [6, 6.07) is 0.198. The molecule has 3 heteroatoms. The lowest BCUT2D eigenvalue weighted by atomic mass is 9.99. The summed E-state index contributed by atoms with van der Waals surface area (Å²) in [5.41, 5.74) is 0. The Labute approximate surface area is 124 Å². The molecule has 0 aliphatic carbocycles. The SMILES string of the molecule is CCCCCCCN1C(=O)CCC[C@@H]1/C=C/C(O)CC. The third kappa shape index (κ3) is 6.08. The lowest BCUT2D eigenvalue weighted by Crippen LogP contribution is -2.43. The molecule has 20 heavy (non-hydrogen) atoms. The van der Waals surface area contributed by atoms with Gasteiger partial charge in [0, 0.05) is 13.0 Å². The van der Waals surface area contributed by atoms with Crippen LogP contribution in [0.5, 0.6) is 0 Å². The first kappa shape index (κ1) is 17.2. The van der Waals surface area contributed by atoms with Crippen LogP contribution in [0.4, 0.5) is 0 Å². The molecule has 1 fully saturated rings. The maximum Gasteiger partial charge on any atom is 0.223 e. The molecule has 0 aromatic rings. The van der Waals surface area contributed by atoms with E-state index in [9.17, 15) is 9.90 Å². The molecule has 1 aliphatic rings. The fourth-order valence-corrected chi connectivity index (χ4v) is 2.72. The highest BCUT2D eigenvalue weighted by Gasteiger charge is 2.25. The van der Waals surface area contributed by atoms with E-state index in [1.807, 2.05) is 24.0 Å². The topological polar surface area (TPSA) is 40.5 Å². The molecule has 1 N–H and O–H groups in total. The average molecular weight is 281 g/mol. The van der Waals surface area contributed by atoms with Crippen molar-refractivity contribution in [3.8, 4) is 0 Å². The molecule has 1 unspecified atom stereocenters. The maximum atomic E-state index is 12.1. The van der Waals surface area contributed by atoms with Crippen molar-refractivity contribution in [3.63, 3.8) is 0 Å². The number of carbonyl (C=O) groups is 1. The quantitative estimate of drug-likeness (QED) is 0.517. The predicted octanol–water partition coefficient (Wildman–Crippen LogP) is 3.67. The van der Waals surface area contributed by atoms with E-state index in [4.69, 9.17) is 0 Å². The minimum absolute atomic E-state index is 0.198. The standard InChI is InChI=1S/C17H31NO2/c1-3-5-6-7-8-14-18-15(10-9-11-17(18)20)12-13-16(19)4-2/h12-13,15-16,19H,3-11,14H2,1-2H3/b13-12+/t15-,16?/m1/s1. The minimum Gasteiger partial charge on any atom is -0.389 e. The van der Waals surface area contributed by atoms with Crippen molar-refractivity contribution in [1.82, 2.24) is 4.90 Å². The lowest BCUT2D eigenvalue weighted by Gasteiger charge is -2.34. The number of unbranched alkanes of at least 4 members (excludes halogenated alkanes) is 4. The number of piperidine rings is 1. The Hall–Kier alpha value is -0.830. The van der Waals surface area contributed by atoms with E-state index in [2.05, 4.69) is 6.92 Å². The van der Waals surface area contributed by atoms with Gasteiger partial charge in [-0.15, -0.1) is 0 Å². The van der Waals surface area contributed by atoms with E-state index in [1.165, 1.54) is 25.7 Å². The van der Waals surface area contributed by atoms with Crippen molar-refractivity contribution in [2.24, 2.45) is 0 Å². The van der Waals surface area contributed by atoms with Crippen molar-refractivity contribution in [3.05, 3.63) is 12.2 Å². The Morgan fingerprint density at radius 3 is 2.75 bits per heavy atom. The third-order valence-electron chi connectivity index (χ3n) is 4.09. The van der Waals surface area contributed by atoms with Crippen LogP contribution in [0.3, 0.4) is 0 Å². The van der Waals surface area contributed by atoms with Crippen LogP contribution in [0.15, 0.2) is 12.2 Å². The second-order valence-electron chi connectivity index (χ2n) is 5.82. The number of rotatable bonds is 9. The van der Waals surface area contributed by atoms with Gasteiger partial charge in [0.1, 0.15) is 0 Å². The van der Waals surface area contributed by atoms with Crippen LogP contribution >= 0.6 is 0 Å². The van der Waals surface area contributed by atoms with Crippen molar-refractivity contribution < 1.29 is 9.90 Å². The highest BCUT2D eigenvalue weighted by Crippen LogP contribution is 2.20. The molecule has 1 rings (SSSR count). The molecule has 0 spiro atoms. The van der Waals surface area contributed by atoms with Crippen LogP contribution in [0, 0.1) is 0 Å². The summed E-state index contributed by atoms with van der Waals surface area (Å²) in [6.45, 7) is 5.06. The highest BCUT2D eigenvalue weighted by molar-refractivity contribution is 5.77. The molecule has 1 aliphatic heterocycles. The van der Waals surface area contributed by atoms with Gasteiger partial charge >= 0.3 is 0 Å². The van der Waals surface area contributed by atoms with Gasteiger partial charge < -0.3 is 10.0 Å². The number of nitrogens with zero attached hydrogens (tertiary/aromatic N) is 1. The largest absolute Gasteiger partial charge is 0.389 e. The molecule has 2 atom stereocenters. The van der Waals surface area contributed by atoms with Crippen LogP contribution < -0.4 is 0 Å². The highest BCUT2D eigenvalue weighted by atomic mass is 16.3. The monoisotopic (exact) mass is 281 g/mol. The Kier molecular flexibility index (Phi) is 8.59. The Morgan fingerprint density at radius 2 is 2.05 bits per heavy atom. The normalized spacial score (nSPS) is 21.6. The number of amides is 1. The van der Waals surface area contributed by atoms with E-state index in [0.717, 1.165) is 32.2 Å². The number of carbonyl (C=O) groups excluding carboxylic acids is 1. The summed E-state index contributed by atoms with van der Waals surface area (Å²) < 4.78 is 0. The van der Waals surface area contributed by atoms with Crippen LogP contribution in [0.25, 0.3) is 0 Å². The zero-order valence-electron chi connectivity index (χ0n) is 13.2. The van der Waals surface area contributed by atoms with Gasteiger partial charge in [0.2, 0.25) is 5.91 Å². The van der Waals surface area contributed by atoms with Crippen molar-refractivity contribution in [2.75, 3.05) is 6.54 Å². The molecule has 116 valence electrons.